The Labute approximate surface area is 146 Å². The molecule has 24 heavy (non-hydrogen) atoms. The predicted molar refractivity (Wildman–Crippen MR) is 96.7 cm³/mol. The minimum Gasteiger partial charge on any atom is -0.464 e. The minimum absolute atomic E-state index is 0.154. The monoisotopic (exact) mass is 351 g/mol. The molecule has 0 saturated heterocycles. The maximum absolute atomic E-state index is 13.2. The highest BCUT2D eigenvalue weighted by molar-refractivity contribution is 7.18. The summed E-state index contributed by atoms with van der Waals surface area (Å²) in [6.45, 7) is 8.33. The highest BCUT2D eigenvalue weighted by Crippen LogP contribution is 2.27. The summed E-state index contributed by atoms with van der Waals surface area (Å²) in [5.41, 5.74) is 0.787. The van der Waals surface area contributed by atoms with Gasteiger partial charge in [0.1, 0.15) is 16.7 Å². The molecule has 0 aliphatic heterocycles. The zero-order valence-electron chi connectivity index (χ0n) is 15.2. The number of ether oxygens (including phenoxy) is 1. The van der Waals surface area contributed by atoms with Gasteiger partial charge in [0.2, 0.25) is 0 Å². The second-order valence-corrected chi connectivity index (χ2v) is 7.28. The second kappa shape index (κ2) is 7.44. The summed E-state index contributed by atoms with van der Waals surface area (Å²) in [6, 6.07) is -0.649. The number of thiophene rings is 1. The van der Waals surface area contributed by atoms with Gasteiger partial charge in [-0.2, -0.15) is 0 Å². The number of nitrogens with zero attached hydrogens (tertiary/aromatic N) is 3. The van der Waals surface area contributed by atoms with E-state index in [0.717, 1.165) is 15.3 Å². The van der Waals surface area contributed by atoms with Crippen molar-refractivity contribution in [3.8, 4) is 0 Å². The van der Waals surface area contributed by atoms with Crippen molar-refractivity contribution in [2.45, 2.75) is 46.7 Å². The highest BCUT2D eigenvalue weighted by Gasteiger charge is 2.27. The van der Waals surface area contributed by atoms with E-state index in [0.29, 0.717) is 30.8 Å². The van der Waals surface area contributed by atoms with Crippen LogP contribution < -0.4 is 5.56 Å². The van der Waals surface area contributed by atoms with E-state index < -0.39 is 6.04 Å². The molecule has 0 radical (unpaired) electrons. The van der Waals surface area contributed by atoms with Gasteiger partial charge in [-0.25, -0.2) is 9.78 Å². The third-order valence-corrected chi connectivity index (χ3v) is 5.12. The van der Waals surface area contributed by atoms with Crippen LogP contribution in [0.2, 0.25) is 0 Å². The first-order valence-electron chi connectivity index (χ1n) is 8.14. The lowest BCUT2D eigenvalue weighted by molar-refractivity contribution is -0.147. The molecule has 7 heteroatoms. The van der Waals surface area contributed by atoms with E-state index in [9.17, 15) is 9.59 Å². The molecule has 0 saturated carbocycles. The van der Waals surface area contributed by atoms with Crippen LogP contribution in [0.4, 0.5) is 0 Å². The fourth-order valence-electron chi connectivity index (χ4n) is 2.76. The van der Waals surface area contributed by atoms with Crippen LogP contribution in [0.15, 0.2) is 4.79 Å². The summed E-state index contributed by atoms with van der Waals surface area (Å²) in [7, 11) is 3.83. The van der Waals surface area contributed by atoms with Crippen LogP contribution in [0, 0.1) is 13.8 Å². The number of aryl methyl sites for hydroxylation is 2. The standard InChI is InChI=1S/C17H25N3O3S/c1-7-12(17(22)23-8-2)20-13(9-19(5)6)18-15-14(16(20)21)10(3)11(4)24-15/h12H,7-9H2,1-6H3. The van der Waals surface area contributed by atoms with Crippen molar-refractivity contribution < 1.29 is 9.53 Å². The van der Waals surface area contributed by atoms with Crippen LogP contribution in [0.3, 0.4) is 0 Å². The van der Waals surface area contributed by atoms with Crippen molar-refractivity contribution in [2.24, 2.45) is 0 Å². The van der Waals surface area contributed by atoms with E-state index in [1.807, 2.05) is 39.8 Å². The van der Waals surface area contributed by atoms with E-state index in [4.69, 9.17) is 9.72 Å². The third kappa shape index (κ3) is 3.37. The molecule has 0 fully saturated rings. The molecule has 2 heterocycles. The number of aromatic nitrogens is 2. The van der Waals surface area contributed by atoms with E-state index in [-0.39, 0.29) is 11.5 Å². The average molecular weight is 351 g/mol. The van der Waals surface area contributed by atoms with E-state index >= 15 is 0 Å². The number of fused-ring (bicyclic) bond motifs is 1. The summed E-state index contributed by atoms with van der Waals surface area (Å²) in [6.07, 6.45) is 0.481. The van der Waals surface area contributed by atoms with E-state index in [2.05, 4.69) is 0 Å². The van der Waals surface area contributed by atoms with Crippen LogP contribution in [-0.2, 0) is 16.1 Å². The van der Waals surface area contributed by atoms with Crippen LogP contribution in [0.5, 0.6) is 0 Å². The molecule has 0 aliphatic carbocycles. The molecule has 0 bridgehead atoms. The Morgan fingerprint density at radius 3 is 2.54 bits per heavy atom. The molecule has 2 aromatic heterocycles. The van der Waals surface area contributed by atoms with Crippen LogP contribution in [-0.4, -0.2) is 41.1 Å². The second-order valence-electron chi connectivity index (χ2n) is 6.08. The van der Waals surface area contributed by atoms with Crippen molar-refractivity contribution in [3.05, 3.63) is 26.6 Å². The highest BCUT2D eigenvalue weighted by atomic mass is 32.1. The van der Waals surface area contributed by atoms with Crippen LogP contribution in [0.25, 0.3) is 10.2 Å². The lowest BCUT2D eigenvalue weighted by Crippen LogP contribution is -2.35. The number of carbonyl (C=O) groups is 1. The van der Waals surface area contributed by atoms with Gasteiger partial charge in [-0.15, -0.1) is 11.3 Å². The summed E-state index contributed by atoms with van der Waals surface area (Å²) in [4.78, 5) is 34.0. The Hall–Kier alpha value is -1.73. The molecule has 132 valence electrons. The molecular weight excluding hydrogens is 326 g/mol. The lowest BCUT2D eigenvalue weighted by Gasteiger charge is -2.21. The Morgan fingerprint density at radius 2 is 2.00 bits per heavy atom. The minimum atomic E-state index is -0.649. The number of hydrogen-bond donors (Lipinski definition) is 0. The number of hydrogen-bond acceptors (Lipinski definition) is 6. The zero-order valence-corrected chi connectivity index (χ0v) is 16.0. The van der Waals surface area contributed by atoms with Gasteiger partial charge < -0.3 is 9.64 Å². The van der Waals surface area contributed by atoms with Crippen molar-refractivity contribution in [1.82, 2.24) is 14.5 Å². The lowest BCUT2D eigenvalue weighted by atomic mass is 10.1. The molecule has 0 aliphatic rings. The summed E-state index contributed by atoms with van der Waals surface area (Å²) < 4.78 is 6.70. The average Bonchev–Trinajstić information content (AvgIpc) is 2.77. The topological polar surface area (TPSA) is 64.4 Å². The molecule has 1 unspecified atom stereocenters. The number of esters is 1. The molecule has 0 spiro atoms. The quantitative estimate of drug-likeness (QED) is 0.749. The Bertz CT molecular complexity index is 807. The van der Waals surface area contributed by atoms with Gasteiger partial charge in [0.15, 0.2) is 0 Å². The van der Waals surface area contributed by atoms with Gasteiger partial charge >= 0.3 is 5.97 Å². The van der Waals surface area contributed by atoms with Crippen molar-refractivity contribution in [3.63, 3.8) is 0 Å². The Balaban J connectivity index is 2.76. The van der Waals surface area contributed by atoms with Crippen molar-refractivity contribution in [2.75, 3.05) is 20.7 Å². The van der Waals surface area contributed by atoms with Gasteiger partial charge in [-0.05, 0) is 46.9 Å². The summed E-state index contributed by atoms with van der Waals surface area (Å²) in [5, 5.41) is 0.614. The smallest absolute Gasteiger partial charge is 0.329 e. The first-order chi connectivity index (χ1) is 11.3. The van der Waals surface area contributed by atoms with Gasteiger partial charge in [-0.3, -0.25) is 9.36 Å². The third-order valence-electron chi connectivity index (χ3n) is 4.02. The van der Waals surface area contributed by atoms with Gasteiger partial charge in [0.25, 0.3) is 5.56 Å². The van der Waals surface area contributed by atoms with Crippen molar-refractivity contribution in [1.29, 1.82) is 0 Å². The van der Waals surface area contributed by atoms with Crippen LogP contribution >= 0.6 is 11.3 Å². The molecule has 0 amide bonds. The SMILES string of the molecule is CCOC(=O)C(CC)n1c(CN(C)C)nc2sc(C)c(C)c2c1=O. The maximum atomic E-state index is 13.2. The zero-order chi connectivity index (χ0) is 18.0. The predicted octanol–water partition coefficient (Wildman–Crippen LogP) is 2.65. The van der Waals surface area contributed by atoms with Gasteiger partial charge in [0, 0.05) is 4.88 Å². The molecule has 6 nitrogen and oxygen atoms in total. The molecule has 0 aromatic carbocycles. The first kappa shape index (κ1) is 18.6. The Kier molecular flexibility index (Phi) is 5.77. The molecular formula is C17H25N3O3S. The molecule has 2 aromatic rings. The normalized spacial score (nSPS) is 12.8. The summed E-state index contributed by atoms with van der Waals surface area (Å²) in [5.74, 6) is 0.214. The fourth-order valence-corrected chi connectivity index (χ4v) is 3.80. The largest absolute Gasteiger partial charge is 0.464 e. The van der Waals surface area contributed by atoms with E-state index in [1.165, 1.54) is 15.9 Å². The van der Waals surface area contributed by atoms with Crippen LogP contribution in [0.1, 0.15) is 42.6 Å². The van der Waals surface area contributed by atoms with Gasteiger partial charge in [0.05, 0.1) is 18.5 Å². The van der Waals surface area contributed by atoms with Crippen molar-refractivity contribution >= 4 is 27.5 Å². The number of carbonyl (C=O) groups excluding carboxylic acids is 1. The fraction of sp³-hybridized carbons (Fsp3) is 0.588. The first-order valence-corrected chi connectivity index (χ1v) is 8.95. The van der Waals surface area contributed by atoms with Gasteiger partial charge in [-0.1, -0.05) is 6.92 Å². The summed E-state index contributed by atoms with van der Waals surface area (Å²) >= 11 is 1.52. The molecule has 2 rings (SSSR count). The number of rotatable bonds is 6. The van der Waals surface area contributed by atoms with E-state index in [1.54, 1.807) is 6.92 Å². The molecule has 0 N–H and O–H groups in total. The maximum Gasteiger partial charge on any atom is 0.329 e. The Morgan fingerprint density at radius 1 is 1.33 bits per heavy atom. The molecule has 1 atom stereocenters.